The molecule has 4 nitrogen and oxygen atoms in total. The number of rotatable bonds is 5. The summed E-state index contributed by atoms with van der Waals surface area (Å²) >= 11 is 0. The zero-order valence-corrected chi connectivity index (χ0v) is 7.03. The molecule has 0 aliphatic carbocycles. The van der Waals surface area contributed by atoms with E-state index in [9.17, 15) is 4.79 Å². The van der Waals surface area contributed by atoms with Gasteiger partial charge in [-0.2, -0.15) is 0 Å². The standard InChI is InChI=1S/C7H15N3O/c1-3-5-9(2)10(7-11)6-4-8/h3,5,7H,4,6,8H2,1-2H3/b5-3-. The predicted molar refractivity (Wildman–Crippen MR) is 44.4 cm³/mol. The van der Waals surface area contributed by atoms with Crippen LogP contribution in [0.4, 0.5) is 0 Å². The number of amides is 1. The lowest BCUT2D eigenvalue weighted by atomic mass is 10.6. The molecular formula is C7H15N3O. The molecule has 0 aromatic rings. The number of carbonyl (C=O) groups is 1. The van der Waals surface area contributed by atoms with Gasteiger partial charge in [-0.1, -0.05) is 6.08 Å². The average Bonchev–Trinajstić information content (AvgIpc) is 2.00. The van der Waals surface area contributed by atoms with Gasteiger partial charge in [0, 0.05) is 19.8 Å². The van der Waals surface area contributed by atoms with Gasteiger partial charge in [-0.3, -0.25) is 14.8 Å². The monoisotopic (exact) mass is 157 g/mol. The molecule has 0 saturated heterocycles. The minimum atomic E-state index is 0.473. The van der Waals surface area contributed by atoms with Crippen molar-refractivity contribution in [1.29, 1.82) is 0 Å². The second-order valence-corrected chi connectivity index (χ2v) is 2.11. The first-order valence-electron chi connectivity index (χ1n) is 3.53. The van der Waals surface area contributed by atoms with Crippen LogP contribution >= 0.6 is 0 Å². The third kappa shape index (κ3) is 3.62. The summed E-state index contributed by atoms with van der Waals surface area (Å²) in [4.78, 5) is 10.4. The number of allylic oxidation sites excluding steroid dienone is 1. The predicted octanol–water partition coefficient (Wildman–Crippen LogP) is -0.216. The number of hydrogen-bond acceptors (Lipinski definition) is 3. The fraction of sp³-hybridized carbons (Fsp3) is 0.571. The van der Waals surface area contributed by atoms with Crippen LogP contribution in [0, 0.1) is 0 Å². The van der Waals surface area contributed by atoms with Crippen molar-refractivity contribution < 1.29 is 4.79 Å². The molecule has 0 spiro atoms. The van der Waals surface area contributed by atoms with Crippen LogP contribution in [-0.4, -0.2) is 36.6 Å². The number of nitrogens with zero attached hydrogens (tertiary/aromatic N) is 2. The Kier molecular flexibility index (Phi) is 5.20. The normalized spacial score (nSPS) is 10.1. The maximum absolute atomic E-state index is 10.4. The van der Waals surface area contributed by atoms with Gasteiger partial charge in [0.2, 0.25) is 6.41 Å². The molecule has 0 bridgehead atoms. The van der Waals surface area contributed by atoms with Gasteiger partial charge in [0.1, 0.15) is 0 Å². The number of hydrogen-bond donors (Lipinski definition) is 1. The van der Waals surface area contributed by atoms with E-state index < -0.39 is 0 Å². The Balaban J connectivity index is 3.90. The molecule has 64 valence electrons. The zero-order valence-electron chi connectivity index (χ0n) is 7.03. The van der Waals surface area contributed by atoms with Crippen molar-refractivity contribution in [2.24, 2.45) is 5.73 Å². The summed E-state index contributed by atoms with van der Waals surface area (Å²) in [6, 6.07) is 0. The lowest BCUT2D eigenvalue weighted by molar-refractivity contribution is -0.128. The van der Waals surface area contributed by atoms with E-state index in [1.165, 1.54) is 5.01 Å². The molecule has 0 fully saturated rings. The van der Waals surface area contributed by atoms with Crippen LogP contribution in [0.5, 0.6) is 0 Å². The molecule has 0 aliphatic rings. The van der Waals surface area contributed by atoms with Crippen LogP contribution in [0.3, 0.4) is 0 Å². The molecule has 0 aliphatic heterocycles. The topological polar surface area (TPSA) is 49.6 Å². The summed E-state index contributed by atoms with van der Waals surface area (Å²) < 4.78 is 0. The molecule has 0 unspecified atom stereocenters. The Bertz CT molecular complexity index is 136. The van der Waals surface area contributed by atoms with Crippen molar-refractivity contribution in [1.82, 2.24) is 10.0 Å². The van der Waals surface area contributed by atoms with Crippen LogP contribution in [0.15, 0.2) is 12.3 Å². The first-order valence-corrected chi connectivity index (χ1v) is 3.53. The number of nitrogens with two attached hydrogens (primary N) is 1. The SMILES string of the molecule is C/C=C\N(C)N(C=O)CCN. The molecule has 4 heteroatoms. The highest BCUT2D eigenvalue weighted by Gasteiger charge is 2.00. The third-order valence-corrected chi connectivity index (χ3v) is 1.25. The van der Waals surface area contributed by atoms with Crippen molar-refractivity contribution in [2.75, 3.05) is 20.1 Å². The van der Waals surface area contributed by atoms with E-state index in [2.05, 4.69) is 0 Å². The molecule has 2 N–H and O–H groups in total. The maximum Gasteiger partial charge on any atom is 0.228 e. The van der Waals surface area contributed by atoms with Gasteiger partial charge < -0.3 is 5.73 Å². The van der Waals surface area contributed by atoms with Crippen LogP contribution in [0.25, 0.3) is 0 Å². The van der Waals surface area contributed by atoms with Gasteiger partial charge in [-0.05, 0) is 6.92 Å². The lowest BCUT2D eigenvalue weighted by Gasteiger charge is -2.26. The van der Waals surface area contributed by atoms with Gasteiger partial charge in [0.05, 0.1) is 6.54 Å². The number of hydrazine groups is 1. The van der Waals surface area contributed by atoms with E-state index in [0.717, 1.165) is 6.41 Å². The summed E-state index contributed by atoms with van der Waals surface area (Å²) in [5, 5.41) is 3.19. The van der Waals surface area contributed by atoms with Gasteiger partial charge in [-0.15, -0.1) is 0 Å². The van der Waals surface area contributed by atoms with E-state index in [0.29, 0.717) is 13.1 Å². The molecule has 0 heterocycles. The summed E-state index contributed by atoms with van der Waals surface area (Å²) in [5.41, 5.74) is 5.29. The van der Waals surface area contributed by atoms with Crippen molar-refractivity contribution in [3.63, 3.8) is 0 Å². The molecule has 1 amide bonds. The molecule has 0 rings (SSSR count). The molecule has 11 heavy (non-hydrogen) atoms. The highest BCUT2D eigenvalue weighted by molar-refractivity contribution is 5.46. The second-order valence-electron chi connectivity index (χ2n) is 2.11. The average molecular weight is 157 g/mol. The van der Waals surface area contributed by atoms with Crippen molar-refractivity contribution in [3.05, 3.63) is 12.3 Å². The van der Waals surface area contributed by atoms with Crippen LogP contribution in [0.1, 0.15) is 6.92 Å². The fourth-order valence-electron chi connectivity index (χ4n) is 0.718. The van der Waals surface area contributed by atoms with Gasteiger partial charge in [-0.25, -0.2) is 0 Å². The molecule has 0 saturated carbocycles. The quantitative estimate of drug-likeness (QED) is 0.443. The van der Waals surface area contributed by atoms with E-state index in [4.69, 9.17) is 5.73 Å². The molecule has 0 radical (unpaired) electrons. The molecule has 0 aromatic carbocycles. The largest absolute Gasteiger partial charge is 0.329 e. The van der Waals surface area contributed by atoms with Gasteiger partial charge in [0.15, 0.2) is 0 Å². The third-order valence-electron chi connectivity index (χ3n) is 1.25. The maximum atomic E-state index is 10.4. The smallest absolute Gasteiger partial charge is 0.228 e. The van der Waals surface area contributed by atoms with E-state index in [-0.39, 0.29) is 0 Å². The summed E-state index contributed by atoms with van der Waals surface area (Å²) in [7, 11) is 1.80. The Hall–Kier alpha value is -1.03. The fourth-order valence-corrected chi connectivity index (χ4v) is 0.718. The first-order chi connectivity index (χ1) is 5.26. The van der Waals surface area contributed by atoms with Crippen LogP contribution in [-0.2, 0) is 4.79 Å². The Morgan fingerprint density at radius 3 is 2.55 bits per heavy atom. The summed E-state index contributed by atoms with van der Waals surface area (Å²) in [6.45, 7) is 2.91. The Morgan fingerprint density at radius 2 is 2.18 bits per heavy atom. The van der Waals surface area contributed by atoms with Crippen LogP contribution in [0.2, 0.25) is 0 Å². The van der Waals surface area contributed by atoms with Crippen molar-refractivity contribution in [2.45, 2.75) is 6.92 Å². The van der Waals surface area contributed by atoms with E-state index >= 15 is 0 Å². The Labute approximate surface area is 67.2 Å². The van der Waals surface area contributed by atoms with Gasteiger partial charge >= 0.3 is 0 Å². The summed E-state index contributed by atoms with van der Waals surface area (Å²) in [6.07, 6.45) is 4.41. The minimum Gasteiger partial charge on any atom is -0.329 e. The van der Waals surface area contributed by atoms with Gasteiger partial charge in [0.25, 0.3) is 0 Å². The first kappa shape index (κ1) is 9.97. The summed E-state index contributed by atoms with van der Waals surface area (Å²) in [5.74, 6) is 0. The van der Waals surface area contributed by atoms with E-state index in [1.807, 2.05) is 13.0 Å². The van der Waals surface area contributed by atoms with Crippen molar-refractivity contribution in [3.8, 4) is 0 Å². The highest BCUT2D eigenvalue weighted by Crippen LogP contribution is 1.90. The van der Waals surface area contributed by atoms with Crippen LogP contribution < -0.4 is 5.73 Å². The molecule has 0 aromatic heterocycles. The Morgan fingerprint density at radius 1 is 1.55 bits per heavy atom. The second kappa shape index (κ2) is 5.73. The van der Waals surface area contributed by atoms with E-state index in [1.54, 1.807) is 18.3 Å². The van der Waals surface area contributed by atoms with Crippen molar-refractivity contribution >= 4 is 6.41 Å². The zero-order chi connectivity index (χ0) is 8.69. The highest BCUT2D eigenvalue weighted by atomic mass is 16.1. The molecular weight excluding hydrogens is 142 g/mol. The minimum absolute atomic E-state index is 0.473. The number of carbonyl (C=O) groups excluding carboxylic acids is 1. The lowest BCUT2D eigenvalue weighted by Crippen LogP contribution is -2.38. The molecule has 0 atom stereocenters.